The summed E-state index contributed by atoms with van der Waals surface area (Å²) in [6.45, 7) is 5.48. The van der Waals surface area contributed by atoms with Crippen molar-refractivity contribution in [1.29, 1.82) is 0 Å². The minimum Gasteiger partial charge on any atom is -0.479 e. The molecular formula is C67H98O12. The number of aliphatic hydroxyl groups excluding tert-OH is 2. The molecule has 6 atom stereocenters. The number of ether oxygens (including phenoxy) is 5. The highest BCUT2D eigenvalue weighted by atomic mass is 16.7. The SMILES string of the molecule is CC/C=C\C/C=C\C/C=C\C/C=C\C/C=C\C/C=C\CCC(=O)OCC(COC1OC(C(=O)O)C(O)C(O)C1OC(=O)CCCCCC/C=C\C/C=C\C/C=C\C/C=C\CC)OC(=O)CC/C=C\C/C=C\C/C=C\C/C=C\CC. The fourth-order valence-electron chi connectivity index (χ4n) is 7.45. The number of aliphatic hydroxyl groups is 2. The molecule has 1 heterocycles. The number of carboxylic acid groups (broad SMARTS) is 1. The molecule has 79 heavy (non-hydrogen) atoms. The highest BCUT2D eigenvalue weighted by molar-refractivity contribution is 5.74. The summed E-state index contributed by atoms with van der Waals surface area (Å²) in [6.07, 6.45) is 66.4. The van der Waals surface area contributed by atoms with Crippen LogP contribution in [-0.4, -0.2) is 89.2 Å². The first-order chi connectivity index (χ1) is 38.6. The first kappa shape index (κ1) is 71.1. The molecule has 0 aromatic carbocycles. The number of hydrogen-bond donors (Lipinski definition) is 3. The van der Waals surface area contributed by atoms with Gasteiger partial charge in [0.25, 0.3) is 0 Å². The van der Waals surface area contributed by atoms with Crippen LogP contribution in [0.2, 0.25) is 0 Å². The molecule has 0 aliphatic carbocycles. The fraction of sp³-hybridized carbons (Fsp3) is 0.522. The third-order valence-electron chi connectivity index (χ3n) is 11.8. The molecule has 0 aromatic heterocycles. The van der Waals surface area contributed by atoms with Crippen molar-refractivity contribution in [3.8, 4) is 0 Å². The molecule has 0 spiro atoms. The zero-order valence-corrected chi connectivity index (χ0v) is 48.0. The van der Waals surface area contributed by atoms with Crippen LogP contribution < -0.4 is 0 Å². The molecule has 0 radical (unpaired) electrons. The molecule has 12 nitrogen and oxygen atoms in total. The van der Waals surface area contributed by atoms with Gasteiger partial charge in [-0.1, -0.05) is 204 Å². The van der Waals surface area contributed by atoms with Crippen molar-refractivity contribution in [3.63, 3.8) is 0 Å². The number of carbonyl (C=O) groups is 4. The molecule has 3 N–H and O–H groups in total. The Balaban J connectivity index is 2.80. The lowest BCUT2D eigenvalue weighted by Crippen LogP contribution is -2.61. The summed E-state index contributed by atoms with van der Waals surface area (Å²) in [7, 11) is 0. The average molecular weight is 1100 g/mol. The van der Waals surface area contributed by atoms with Crippen molar-refractivity contribution in [2.45, 2.75) is 212 Å². The number of carbonyl (C=O) groups excluding carboxylic acids is 3. The molecule has 438 valence electrons. The lowest BCUT2D eigenvalue weighted by atomic mass is 9.98. The second kappa shape index (κ2) is 52.8. The highest BCUT2D eigenvalue weighted by Gasteiger charge is 2.50. The fourth-order valence-corrected chi connectivity index (χ4v) is 7.45. The molecule has 12 heteroatoms. The molecule has 0 saturated carbocycles. The quantitative estimate of drug-likeness (QED) is 0.0228. The van der Waals surface area contributed by atoms with E-state index in [4.69, 9.17) is 23.7 Å². The first-order valence-electron chi connectivity index (χ1n) is 29.1. The van der Waals surface area contributed by atoms with Gasteiger partial charge in [-0.15, -0.1) is 0 Å². The maximum atomic E-state index is 13.1. The molecule has 1 saturated heterocycles. The van der Waals surface area contributed by atoms with Gasteiger partial charge in [0.2, 0.25) is 0 Å². The smallest absolute Gasteiger partial charge is 0.335 e. The Labute approximate surface area is 475 Å². The van der Waals surface area contributed by atoms with E-state index in [1.807, 2.05) is 30.4 Å². The molecule has 1 aliphatic heterocycles. The van der Waals surface area contributed by atoms with Gasteiger partial charge < -0.3 is 39.0 Å². The lowest BCUT2D eigenvalue weighted by Gasteiger charge is -2.40. The summed E-state index contributed by atoms with van der Waals surface area (Å²) in [6, 6.07) is 0. The molecular weight excluding hydrogens is 997 g/mol. The van der Waals surface area contributed by atoms with Crippen LogP contribution in [0.1, 0.15) is 175 Å². The zero-order valence-electron chi connectivity index (χ0n) is 48.0. The topological polar surface area (TPSA) is 175 Å². The second-order valence-electron chi connectivity index (χ2n) is 18.8. The highest BCUT2D eigenvalue weighted by Crippen LogP contribution is 2.26. The molecule has 0 bridgehead atoms. The van der Waals surface area contributed by atoms with E-state index in [0.717, 1.165) is 103 Å². The van der Waals surface area contributed by atoms with Crippen LogP contribution in [0.3, 0.4) is 0 Å². The molecule has 6 unspecified atom stereocenters. The van der Waals surface area contributed by atoms with Crippen LogP contribution in [0.15, 0.2) is 170 Å². The third kappa shape index (κ3) is 42.7. The predicted octanol–water partition coefficient (Wildman–Crippen LogP) is 15.1. The van der Waals surface area contributed by atoms with Gasteiger partial charge in [-0.05, 0) is 122 Å². The monoisotopic (exact) mass is 1090 g/mol. The van der Waals surface area contributed by atoms with E-state index in [1.165, 1.54) is 0 Å². The Hall–Kier alpha value is -5.92. The minimum absolute atomic E-state index is 0.00635. The first-order valence-corrected chi connectivity index (χ1v) is 29.1. The lowest BCUT2D eigenvalue weighted by molar-refractivity contribution is -0.301. The van der Waals surface area contributed by atoms with Crippen molar-refractivity contribution in [2.24, 2.45) is 0 Å². The number of carboxylic acids is 1. The Bertz CT molecular complexity index is 2020. The Morgan fingerprint density at radius 2 is 0.785 bits per heavy atom. The van der Waals surface area contributed by atoms with E-state index in [1.54, 1.807) is 0 Å². The normalized spacial score (nSPS) is 19.1. The number of aliphatic carboxylic acids is 1. The summed E-state index contributed by atoms with van der Waals surface area (Å²) in [4.78, 5) is 51.1. The van der Waals surface area contributed by atoms with Crippen molar-refractivity contribution in [1.82, 2.24) is 0 Å². The van der Waals surface area contributed by atoms with Crippen LogP contribution in [0, 0.1) is 0 Å². The second-order valence-corrected chi connectivity index (χ2v) is 18.8. The van der Waals surface area contributed by atoms with Gasteiger partial charge in [0.1, 0.15) is 18.8 Å². The van der Waals surface area contributed by atoms with E-state index >= 15 is 0 Å². The Kier molecular flexibility index (Phi) is 47.5. The predicted molar refractivity (Wildman–Crippen MR) is 321 cm³/mol. The van der Waals surface area contributed by atoms with Crippen molar-refractivity contribution in [3.05, 3.63) is 170 Å². The Morgan fingerprint density at radius 3 is 1.19 bits per heavy atom. The van der Waals surface area contributed by atoms with E-state index in [9.17, 15) is 34.5 Å². The number of allylic oxidation sites excluding steroid dienone is 28. The minimum atomic E-state index is -1.94. The molecule has 0 aromatic rings. The van der Waals surface area contributed by atoms with Crippen LogP contribution in [0.4, 0.5) is 0 Å². The number of hydrogen-bond acceptors (Lipinski definition) is 11. The van der Waals surface area contributed by atoms with Gasteiger partial charge in [0.15, 0.2) is 24.6 Å². The summed E-state index contributed by atoms with van der Waals surface area (Å²) in [5.41, 5.74) is 0. The van der Waals surface area contributed by atoms with E-state index in [0.29, 0.717) is 32.1 Å². The van der Waals surface area contributed by atoms with Crippen molar-refractivity contribution >= 4 is 23.9 Å². The molecule has 1 rings (SSSR count). The van der Waals surface area contributed by atoms with E-state index in [2.05, 4.69) is 161 Å². The van der Waals surface area contributed by atoms with Gasteiger partial charge in [0.05, 0.1) is 6.61 Å². The van der Waals surface area contributed by atoms with Gasteiger partial charge in [0, 0.05) is 19.3 Å². The van der Waals surface area contributed by atoms with Crippen molar-refractivity contribution < 1.29 is 58.2 Å². The third-order valence-corrected chi connectivity index (χ3v) is 11.8. The summed E-state index contributed by atoms with van der Waals surface area (Å²) in [5.74, 6) is -3.41. The maximum Gasteiger partial charge on any atom is 0.335 e. The molecule has 1 aliphatic rings. The van der Waals surface area contributed by atoms with Crippen LogP contribution in [0.25, 0.3) is 0 Å². The van der Waals surface area contributed by atoms with Crippen LogP contribution in [0.5, 0.6) is 0 Å². The number of esters is 3. The Morgan fingerprint density at radius 1 is 0.418 bits per heavy atom. The van der Waals surface area contributed by atoms with Gasteiger partial charge >= 0.3 is 23.9 Å². The number of unbranched alkanes of at least 4 members (excludes halogenated alkanes) is 4. The van der Waals surface area contributed by atoms with Gasteiger partial charge in [-0.2, -0.15) is 0 Å². The largest absolute Gasteiger partial charge is 0.479 e. The van der Waals surface area contributed by atoms with Crippen LogP contribution in [-0.2, 0) is 42.9 Å². The molecule has 1 fully saturated rings. The van der Waals surface area contributed by atoms with E-state index < -0.39 is 73.9 Å². The average Bonchev–Trinajstić information content (AvgIpc) is 3.47. The summed E-state index contributed by atoms with van der Waals surface area (Å²) in [5, 5.41) is 31.5. The van der Waals surface area contributed by atoms with Gasteiger partial charge in [-0.25, -0.2) is 4.79 Å². The maximum absolute atomic E-state index is 13.1. The van der Waals surface area contributed by atoms with Crippen molar-refractivity contribution in [2.75, 3.05) is 13.2 Å². The zero-order chi connectivity index (χ0) is 57.5. The van der Waals surface area contributed by atoms with Crippen LogP contribution >= 0.6 is 0 Å². The number of rotatable bonds is 46. The standard InChI is InChI=1S/C67H98O12/c1-4-7-10-13-16-19-22-25-27-29-30-32-33-36-38-41-44-47-50-53-59(68)75-56-58(77-60(69)54-51-48-45-42-39-35-24-21-18-15-12-9-6-3)57-76-67-65(63(72)62(71)64(79-67)66(73)74)78-61(70)55-52-49-46-43-40-37-34-31-28-26-23-20-17-14-11-8-5-2/h7-12,16-21,25-28,30,32,34-39,44-45,47-48,58,62-65,67,71-72H,4-6,13-15,22-24,29,31,33,40-43,46,49-57H2,1-3H3,(H,73,74)/b10-7-,11-8-,12-9-,19-16-,20-17-,21-18-,27-25-,28-26-,32-30-,37-34-,38-36-,39-35-,47-44-,48-45-. The van der Waals surface area contributed by atoms with Gasteiger partial charge in [-0.3, -0.25) is 14.4 Å². The summed E-state index contributed by atoms with van der Waals surface area (Å²) < 4.78 is 28.2. The summed E-state index contributed by atoms with van der Waals surface area (Å²) >= 11 is 0. The van der Waals surface area contributed by atoms with E-state index in [-0.39, 0.29) is 19.3 Å². The molecule has 0 amide bonds.